The van der Waals surface area contributed by atoms with Crippen molar-refractivity contribution < 1.29 is 14.6 Å². The number of fused-ring (bicyclic) bond motifs is 2. The number of aryl methyl sites for hydroxylation is 4. The maximum atomic E-state index is 13.9. The molecule has 47 heavy (non-hydrogen) atoms. The zero-order valence-corrected chi connectivity index (χ0v) is 28.3. The van der Waals surface area contributed by atoms with E-state index in [0.717, 1.165) is 71.6 Å². The van der Waals surface area contributed by atoms with Gasteiger partial charge in [0, 0.05) is 64.5 Å². The Hall–Kier alpha value is -4.06. The van der Waals surface area contributed by atoms with Gasteiger partial charge in [0.25, 0.3) is 5.56 Å². The Labute approximate surface area is 281 Å². The first-order valence-corrected chi connectivity index (χ1v) is 17.3. The van der Waals surface area contributed by atoms with Crippen molar-refractivity contribution in [1.82, 2.24) is 29.2 Å². The summed E-state index contributed by atoms with van der Waals surface area (Å²) in [5, 5.41) is 16.5. The minimum absolute atomic E-state index is 0.0154. The summed E-state index contributed by atoms with van der Waals surface area (Å²) in [6.45, 7) is 6.32. The first-order chi connectivity index (χ1) is 22.7. The number of hydrogen-bond donors (Lipinski definition) is 1. The number of halogens is 1. The summed E-state index contributed by atoms with van der Waals surface area (Å²) < 4.78 is 10.7. The summed E-state index contributed by atoms with van der Waals surface area (Å²) in [5.74, 6) is 0.681. The van der Waals surface area contributed by atoms with E-state index in [0.29, 0.717) is 52.7 Å². The highest BCUT2D eigenvalue weighted by molar-refractivity contribution is 7.18. The van der Waals surface area contributed by atoms with Crippen molar-refractivity contribution in [3.63, 3.8) is 0 Å². The topological polar surface area (TPSA) is 115 Å². The molecular formula is C35H37ClN6O4S. The molecule has 0 spiro atoms. The van der Waals surface area contributed by atoms with E-state index in [1.54, 1.807) is 16.0 Å². The minimum Gasteiger partial charge on any atom is -0.491 e. The molecule has 0 bridgehead atoms. The molecule has 7 rings (SSSR count). The fraction of sp³-hybridized carbons (Fsp3) is 0.400. The molecule has 0 radical (unpaired) electrons. The van der Waals surface area contributed by atoms with Crippen LogP contribution in [0.15, 0.2) is 46.7 Å². The van der Waals surface area contributed by atoms with Crippen molar-refractivity contribution in [2.24, 2.45) is 7.05 Å². The molecule has 244 valence electrons. The molecule has 1 aliphatic carbocycles. The van der Waals surface area contributed by atoms with Crippen LogP contribution >= 0.6 is 22.9 Å². The van der Waals surface area contributed by atoms with Crippen molar-refractivity contribution >= 4 is 39.1 Å². The molecule has 1 aliphatic heterocycles. The molecule has 0 saturated carbocycles. The number of rotatable bonds is 8. The van der Waals surface area contributed by atoms with Crippen molar-refractivity contribution in [3.8, 4) is 16.9 Å². The summed E-state index contributed by atoms with van der Waals surface area (Å²) in [6.07, 6.45) is 6.79. The third kappa shape index (κ3) is 6.19. The maximum absolute atomic E-state index is 13.9. The Balaban J connectivity index is 1.10. The van der Waals surface area contributed by atoms with E-state index in [1.165, 1.54) is 11.3 Å². The van der Waals surface area contributed by atoms with E-state index >= 15 is 0 Å². The lowest BCUT2D eigenvalue weighted by atomic mass is 9.87. The molecule has 0 unspecified atom stereocenters. The number of hydrogen-bond acceptors (Lipinski definition) is 8. The Morgan fingerprint density at radius 2 is 2.00 bits per heavy atom. The number of nitrogens with zero attached hydrogens (tertiary/aromatic N) is 6. The number of aromatic carboxylic acids is 1. The number of thiophene rings is 1. The van der Waals surface area contributed by atoms with Gasteiger partial charge in [-0.15, -0.1) is 11.3 Å². The number of piperidine rings is 1. The number of carboxylic acids is 1. The normalized spacial score (nSPS) is 18.4. The summed E-state index contributed by atoms with van der Waals surface area (Å²) >= 11 is 7.77. The van der Waals surface area contributed by atoms with Gasteiger partial charge in [-0.2, -0.15) is 5.10 Å². The van der Waals surface area contributed by atoms with Gasteiger partial charge in [0.15, 0.2) is 0 Å². The Kier molecular flexibility index (Phi) is 8.63. The standard InChI is InChI=1S/C35H37ClN6O4S/c1-20-15-26(33-32(37-20)28(19-47-33)35(44)45)25-16-23(36)6-9-31(25)46-14-13-42-21(2)38-30-8-7-24(17-27(30)34(42)43)41-11-4-5-22(18-41)29-10-12-40(3)39-29/h6,9-10,12,15-16,19,22,24H,4-5,7-8,11,13-14,17-18H2,1-3H3,(H,44,45)/t22-,24-/m1/s1. The summed E-state index contributed by atoms with van der Waals surface area (Å²) in [6, 6.07) is 9.75. The lowest BCUT2D eigenvalue weighted by Crippen LogP contribution is -2.46. The van der Waals surface area contributed by atoms with Crippen LogP contribution in [0.5, 0.6) is 5.75 Å². The fourth-order valence-corrected chi connectivity index (χ4v) is 8.37. The molecule has 12 heteroatoms. The average molecular weight is 673 g/mol. The molecule has 5 heterocycles. The number of likely N-dealkylation sites (tertiary alicyclic amines) is 1. The van der Waals surface area contributed by atoms with E-state index in [2.05, 4.69) is 21.0 Å². The van der Waals surface area contributed by atoms with E-state index in [-0.39, 0.29) is 17.7 Å². The number of benzene rings is 1. The highest BCUT2D eigenvalue weighted by Crippen LogP contribution is 2.40. The van der Waals surface area contributed by atoms with E-state index in [4.69, 9.17) is 21.3 Å². The van der Waals surface area contributed by atoms with Crippen LogP contribution in [0.4, 0.5) is 0 Å². The van der Waals surface area contributed by atoms with Gasteiger partial charge < -0.3 is 9.84 Å². The van der Waals surface area contributed by atoms with Crippen LogP contribution in [-0.4, -0.2) is 66.0 Å². The van der Waals surface area contributed by atoms with E-state index < -0.39 is 5.97 Å². The quantitative estimate of drug-likeness (QED) is 0.212. The molecule has 1 aromatic carbocycles. The summed E-state index contributed by atoms with van der Waals surface area (Å²) in [7, 11) is 1.96. The number of carboxylic acid groups (broad SMARTS) is 1. The van der Waals surface area contributed by atoms with Crippen LogP contribution < -0.4 is 10.3 Å². The molecule has 2 atom stereocenters. The lowest BCUT2D eigenvalue weighted by Gasteiger charge is -2.39. The van der Waals surface area contributed by atoms with Crippen LogP contribution in [0.2, 0.25) is 5.02 Å². The SMILES string of the molecule is Cc1cc(-c2cc(Cl)ccc2OCCn2c(C)nc3c(c2=O)C[C@H](N2CCC[C@@H](c4ccn(C)n4)C2)CC3)c2scc(C(=O)O)c2n1. The molecule has 4 aromatic heterocycles. The second kappa shape index (κ2) is 12.9. The van der Waals surface area contributed by atoms with Gasteiger partial charge in [0.05, 0.1) is 33.7 Å². The second-order valence-corrected chi connectivity index (χ2v) is 13.9. The third-order valence-electron chi connectivity index (χ3n) is 9.50. The van der Waals surface area contributed by atoms with Crippen LogP contribution in [-0.2, 0) is 26.4 Å². The smallest absolute Gasteiger partial charge is 0.338 e. The van der Waals surface area contributed by atoms with Gasteiger partial charge in [-0.25, -0.2) is 9.78 Å². The maximum Gasteiger partial charge on any atom is 0.338 e. The predicted octanol–water partition coefficient (Wildman–Crippen LogP) is 6.04. The van der Waals surface area contributed by atoms with Crippen molar-refractivity contribution in [1.29, 1.82) is 0 Å². The molecule has 1 fully saturated rings. The molecule has 5 aromatic rings. The van der Waals surface area contributed by atoms with Crippen LogP contribution in [0, 0.1) is 13.8 Å². The van der Waals surface area contributed by atoms with E-state index in [1.807, 2.05) is 50.0 Å². The van der Waals surface area contributed by atoms with Gasteiger partial charge in [-0.1, -0.05) is 11.6 Å². The third-order valence-corrected chi connectivity index (χ3v) is 10.7. The Morgan fingerprint density at radius 3 is 2.79 bits per heavy atom. The largest absolute Gasteiger partial charge is 0.491 e. The fourth-order valence-electron chi connectivity index (χ4n) is 7.19. The monoisotopic (exact) mass is 672 g/mol. The number of aromatic nitrogens is 5. The zero-order chi connectivity index (χ0) is 32.8. The molecule has 1 N–H and O–H groups in total. The van der Waals surface area contributed by atoms with Gasteiger partial charge in [-0.05, 0) is 82.8 Å². The van der Waals surface area contributed by atoms with Crippen LogP contribution in [0.1, 0.15) is 64.0 Å². The Bertz CT molecular complexity index is 2050. The molecule has 2 aliphatic rings. The van der Waals surface area contributed by atoms with Crippen LogP contribution in [0.25, 0.3) is 21.3 Å². The average Bonchev–Trinajstić information content (AvgIpc) is 3.69. The molecular weight excluding hydrogens is 636 g/mol. The summed E-state index contributed by atoms with van der Waals surface area (Å²) in [5.41, 5.74) is 5.77. The molecule has 1 saturated heterocycles. The van der Waals surface area contributed by atoms with Crippen molar-refractivity contribution in [2.75, 3.05) is 19.7 Å². The highest BCUT2D eigenvalue weighted by atomic mass is 35.5. The minimum atomic E-state index is -1.02. The van der Waals surface area contributed by atoms with Crippen LogP contribution in [0.3, 0.4) is 0 Å². The molecule has 0 amide bonds. The van der Waals surface area contributed by atoms with Crippen molar-refractivity contribution in [3.05, 3.63) is 91.3 Å². The first-order valence-electron chi connectivity index (χ1n) is 16.0. The van der Waals surface area contributed by atoms with E-state index in [9.17, 15) is 14.7 Å². The number of ether oxygens (including phenoxy) is 1. The zero-order valence-electron chi connectivity index (χ0n) is 26.7. The number of carbonyl (C=O) groups is 1. The van der Waals surface area contributed by atoms with Gasteiger partial charge >= 0.3 is 5.97 Å². The van der Waals surface area contributed by atoms with Crippen molar-refractivity contribution in [2.45, 2.75) is 64.5 Å². The number of pyridine rings is 1. The lowest BCUT2D eigenvalue weighted by molar-refractivity contribution is 0.0699. The highest BCUT2D eigenvalue weighted by Gasteiger charge is 2.32. The second-order valence-electron chi connectivity index (χ2n) is 12.6. The molecule has 10 nitrogen and oxygen atoms in total. The summed E-state index contributed by atoms with van der Waals surface area (Å²) in [4.78, 5) is 37.7. The van der Waals surface area contributed by atoms with Gasteiger partial charge in [0.2, 0.25) is 0 Å². The van der Waals surface area contributed by atoms with Gasteiger partial charge in [-0.3, -0.25) is 23.9 Å². The Morgan fingerprint density at radius 1 is 1.15 bits per heavy atom. The first kappa shape index (κ1) is 31.5. The predicted molar refractivity (Wildman–Crippen MR) is 183 cm³/mol. The van der Waals surface area contributed by atoms with Gasteiger partial charge in [0.1, 0.15) is 18.2 Å².